The van der Waals surface area contributed by atoms with Crippen LogP contribution in [-0.2, 0) is 9.59 Å². The molecular formula is C24H23N3O3S. The van der Waals surface area contributed by atoms with E-state index in [1.807, 2.05) is 30.5 Å². The standard InChI is InChI=1S/C24H23N3O3S/c1-4-22(28)27(19-9-13-21(31-3)14-10-19)23(17-6-5-15-25-16-17)24(29)26-18-7-11-20(30-2)12-8-18/h4-16,23H,1H2,2-3H3,(H,26,29). The number of ether oxygens (including phenoxy) is 1. The molecule has 6 nitrogen and oxygen atoms in total. The van der Waals surface area contributed by atoms with E-state index < -0.39 is 11.9 Å². The number of hydrogen-bond donors (Lipinski definition) is 1. The predicted molar refractivity (Wildman–Crippen MR) is 125 cm³/mol. The highest BCUT2D eigenvalue weighted by atomic mass is 32.2. The molecule has 31 heavy (non-hydrogen) atoms. The van der Waals surface area contributed by atoms with Gasteiger partial charge in [-0.05, 0) is 66.9 Å². The van der Waals surface area contributed by atoms with Gasteiger partial charge in [-0.2, -0.15) is 0 Å². The van der Waals surface area contributed by atoms with E-state index >= 15 is 0 Å². The first kappa shape index (κ1) is 22.1. The van der Waals surface area contributed by atoms with E-state index in [4.69, 9.17) is 4.74 Å². The number of amides is 2. The summed E-state index contributed by atoms with van der Waals surface area (Å²) in [4.78, 5) is 32.9. The van der Waals surface area contributed by atoms with Crippen molar-refractivity contribution in [2.45, 2.75) is 10.9 Å². The van der Waals surface area contributed by atoms with Gasteiger partial charge in [0.1, 0.15) is 11.8 Å². The zero-order valence-electron chi connectivity index (χ0n) is 17.3. The van der Waals surface area contributed by atoms with Gasteiger partial charge in [-0.15, -0.1) is 11.8 Å². The summed E-state index contributed by atoms with van der Waals surface area (Å²) in [6.45, 7) is 3.62. The molecule has 0 aliphatic heterocycles. The number of nitrogens with one attached hydrogen (secondary N) is 1. The van der Waals surface area contributed by atoms with Gasteiger partial charge in [-0.1, -0.05) is 12.6 Å². The Labute approximate surface area is 185 Å². The molecule has 1 atom stereocenters. The molecule has 0 saturated heterocycles. The van der Waals surface area contributed by atoms with Crippen LogP contribution in [0.4, 0.5) is 11.4 Å². The topological polar surface area (TPSA) is 71.5 Å². The number of methoxy groups -OCH3 is 1. The summed E-state index contributed by atoms with van der Waals surface area (Å²) in [7, 11) is 1.58. The summed E-state index contributed by atoms with van der Waals surface area (Å²) in [5.74, 6) is -0.0860. The van der Waals surface area contributed by atoms with Crippen LogP contribution in [0.25, 0.3) is 0 Å². The van der Waals surface area contributed by atoms with Crippen molar-refractivity contribution in [3.05, 3.63) is 91.3 Å². The molecule has 0 bridgehead atoms. The lowest BCUT2D eigenvalue weighted by molar-refractivity contribution is -0.121. The number of benzene rings is 2. The minimum Gasteiger partial charge on any atom is -0.497 e. The van der Waals surface area contributed by atoms with E-state index in [-0.39, 0.29) is 5.91 Å². The van der Waals surface area contributed by atoms with E-state index in [2.05, 4.69) is 16.9 Å². The molecule has 158 valence electrons. The Morgan fingerprint density at radius 2 is 1.84 bits per heavy atom. The fraction of sp³-hybridized carbons (Fsp3) is 0.125. The van der Waals surface area contributed by atoms with Crippen LogP contribution < -0.4 is 15.0 Å². The smallest absolute Gasteiger partial charge is 0.252 e. The summed E-state index contributed by atoms with van der Waals surface area (Å²) in [6, 6.07) is 17.0. The molecule has 2 amide bonds. The number of hydrogen-bond acceptors (Lipinski definition) is 5. The van der Waals surface area contributed by atoms with Crippen molar-refractivity contribution in [3.8, 4) is 5.75 Å². The molecule has 0 fully saturated rings. The Bertz CT molecular complexity index is 1040. The normalized spacial score (nSPS) is 11.3. The number of carbonyl (C=O) groups excluding carboxylic acids is 2. The Morgan fingerprint density at radius 1 is 1.13 bits per heavy atom. The summed E-state index contributed by atoms with van der Waals surface area (Å²) in [6.07, 6.45) is 6.38. The van der Waals surface area contributed by atoms with Gasteiger partial charge in [0, 0.05) is 34.2 Å². The zero-order chi connectivity index (χ0) is 22.2. The minimum atomic E-state index is -0.943. The number of carbonyl (C=O) groups is 2. The Balaban J connectivity index is 2.02. The third kappa shape index (κ3) is 5.32. The average molecular weight is 434 g/mol. The first-order valence-corrected chi connectivity index (χ1v) is 10.7. The third-order valence-corrected chi connectivity index (χ3v) is 5.37. The number of anilines is 2. The number of thioether (sulfide) groups is 1. The molecule has 3 rings (SSSR count). The molecule has 0 aliphatic rings. The second kappa shape index (κ2) is 10.4. The Morgan fingerprint density at radius 3 is 2.39 bits per heavy atom. The van der Waals surface area contributed by atoms with Crippen molar-refractivity contribution in [2.75, 3.05) is 23.6 Å². The number of pyridine rings is 1. The minimum absolute atomic E-state index is 0.373. The highest BCUT2D eigenvalue weighted by molar-refractivity contribution is 7.98. The van der Waals surface area contributed by atoms with E-state index in [9.17, 15) is 9.59 Å². The van der Waals surface area contributed by atoms with Gasteiger partial charge in [0.25, 0.3) is 11.8 Å². The first-order valence-electron chi connectivity index (χ1n) is 9.52. The third-order valence-electron chi connectivity index (χ3n) is 4.63. The molecule has 0 aliphatic carbocycles. The van der Waals surface area contributed by atoms with Gasteiger partial charge in [0.2, 0.25) is 0 Å². The van der Waals surface area contributed by atoms with Gasteiger partial charge in [-0.25, -0.2) is 0 Å². The van der Waals surface area contributed by atoms with Crippen molar-refractivity contribution in [3.63, 3.8) is 0 Å². The van der Waals surface area contributed by atoms with Crippen LogP contribution >= 0.6 is 11.8 Å². The van der Waals surface area contributed by atoms with Gasteiger partial charge in [0.15, 0.2) is 0 Å². The van der Waals surface area contributed by atoms with Crippen LogP contribution in [0.2, 0.25) is 0 Å². The first-order chi connectivity index (χ1) is 15.1. The lowest BCUT2D eigenvalue weighted by Crippen LogP contribution is -2.40. The highest BCUT2D eigenvalue weighted by Crippen LogP contribution is 2.30. The SMILES string of the molecule is C=CC(=O)N(c1ccc(SC)cc1)C(C(=O)Nc1ccc(OC)cc1)c1cccnc1. The molecule has 0 radical (unpaired) electrons. The number of aromatic nitrogens is 1. The van der Waals surface area contributed by atoms with E-state index in [0.717, 1.165) is 4.90 Å². The van der Waals surface area contributed by atoms with E-state index in [0.29, 0.717) is 22.7 Å². The van der Waals surface area contributed by atoms with Crippen LogP contribution in [0.5, 0.6) is 5.75 Å². The average Bonchev–Trinajstić information content (AvgIpc) is 2.83. The molecule has 1 unspecified atom stereocenters. The fourth-order valence-corrected chi connectivity index (χ4v) is 3.49. The number of nitrogens with zero attached hydrogens (tertiary/aromatic N) is 2. The van der Waals surface area contributed by atoms with Crippen LogP contribution in [0, 0.1) is 0 Å². The fourth-order valence-electron chi connectivity index (χ4n) is 3.09. The van der Waals surface area contributed by atoms with E-state index in [1.165, 1.54) is 11.0 Å². The molecule has 1 N–H and O–H groups in total. The quantitative estimate of drug-likeness (QED) is 0.411. The Kier molecular flexibility index (Phi) is 7.45. The summed E-state index contributed by atoms with van der Waals surface area (Å²) in [5.41, 5.74) is 1.75. The zero-order valence-corrected chi connectivity index (χ0v) is 18.1. The van der Waals surface area contributed by atoms with Crippen molar-refractivity contribution in [2.24, 2.45) is 0 Å². The van der Waals surface area contributed by atoms with Gasteiger partial charge in [0.05, 0.1) is 7.11 Å². The van der Waals surface area contributed by atoms with Crippen LogP contribution in [0.3, 0.4) is 0 Å². The molecule has 1 heterocycles. The van der Waals surface area contributed by atoms with E-state index in [1.54, 1.807) is 67.7 Å². The molecule has 1 aromatic heterocycles. The molecule has 7 heteroatoms. The summed E-state index contributed by atoms with van der Waals surface area (Å²) in [5, 5.41) is 2.89. The second-order valence-corrected chi connectivity index (χ2v) is 7.40. The largest absolute Gasteiger partial charge is 0.497 e. The van der Waals surface area contributed by atoms with Crippen molar-refractivity contribution >= 4 is 35.0 Å². The maximum Gasteiger partial charge on any atom is 0.252 e. The summed E-state index contributed by atoms with van der Waals surface area (Å²) >= 11 is 1.60. The molecule has 0 saturated carbocycles. The van der Waals surface area contributed by atoms with Crippen molar-refractivity contribution in [1.82, 2.24) is 4.98 Å². The van der Waals surface area contributed by atoms with Crippen molar-refractivity contribution in [1.29, 1.82) is 0 Å². The van der Waals surface area contributed by atoms with Gasteiger partial charge < -0.3 is 10.1 Å². The maximum absolute atomic E-state index is 13.4. The van der Waals surface area contributed by atoms with Crippen LogP contribution in [0.15, 0.2) is 90.6 Å². The van der Waals surface area contributed by atoms with Crippen molar-refractivity contribution < 1.29 is 14.3 Å². The van der Waals surface area contributed by atoms with Gasteiger partial charge in [-0.3, -0.25) is 19.5 Å². The maximum atomic E-state index is 13.4. The molecule has 3 aromatic rings. The summed E-state index contributed by atoms with van der Waals surface area (Å²) < 4.78 is 5.17. The Hall–Kier alpha value is -3.58. The predicted octanol–water partition coefficient (Wildman–Crippen LogP) is 4.71. The number of rotatable bonds is 8. The molecule has 0 spiro atoms. The lowest BCUT2D eigenvalue weighted by atomic mass is 10.0. The highest BCUT2D eigenvalue weighted by Gasteiger charge is 2.32. The molecular weight excluding hydrogens is 410 g/mol. The monoisotopic (exact) mass is 433 g/mol. The van der Waals surface area contributed by atoms with Crippen LogP contribution in [-0.4, -0.2) is 30.2 Å². The van der Waals surface area contributed by atoms with Gasteiger partial charge >= 0.3 is 0 Å². The second-order valence-electron chi connectivity index (χ2n) is 6.52. The van der Waals surface area contributed by atoms with Crippen LogP contribution in [0.1, 0.15) is 11.6 Å². The molecule has 2 aromatic carbocycles. The lowest BCUT2D eigenvalue weighted by Gasteiger charge is -2.30.